The normalized spacial score (nSPS) is 22.1. The minimum absolute atomic E-state index is 0.0621. The number of hydrogen-bond acceptors (Lipinski definition) is 5. The Morgan fingerprint density at radius 3 is 2.89 bits per heavy atom. The highest BCUT2D eigenvalue weighted by Crippen LogP contribution is 2.36. The highest BCUT2D eigenvalue weighted by atomic mass is 16.5. The molecule has 0 saturated carbocycles. The van der Waals surface area contributed by atoms with Gasteiger partial charge in [-0.3, -0.25) is 0 Å². The molecule has 0 amide bonds. The number of hydrogen-bond donors (Lipinski definition) is 1. The van der Waals surface area contributed by atoms with Crippen molar-refractivity contribution < 1.29 is 19.4 Å². The van der Waals surface area contributed by atoms with E-state index in [-0.39, 0.29) is 18.8 Å². The van der Waals surface area contributed by atoms with Crippen molar-refractivity contribution in [3.05, 3.63) is 23.8 Å². The van der Waals surface area contributed by atoms with Gasteiger partial charge in [0, 0.05) is 7.05 Å². The number of esters is 1. The van der Waals surface area contributed by atoms with Crippen LogP contribution in [-0.4, -0.2) is 44.0 Å². The minimum atomic E-state index is -0.400. The largest absolute Gasteiger partial charge is 0.484 e. The molecular formula is C13H17NO4. The first-order valence-corrected chi connectivity index (χ1v) is 5.81. The van der Waals surface area contributed by atoms with Crippen molar-refractivity contribution in [2.24, 2.45) is 0 Å². The van der Waals surface area contributed by atoms with Crippen molar-refractivity contribution in [2.45, 2.75) is 19.1 Å². The van der Waals surface area contributed by atoms with Crippen LogP contribution < -0.4 is 9.64 Å². The molecule has 0 aromatic heterocycles. The standard InChI is InChI=1S/C13H17NO4/c1-8-12(7-15)18-11-6-9(13(16)17-3)4-5-10(11)14(8)2/h4-6,8,12,15H,7H2,1-3H3. The van der Waals surface area contributed by atoms with Crippen molar-refractivity contribution >= 4 is 11.7 Å². The third-order valence-corrected chi connectivity index (χ3v) is 3.37. The van der Waals surface area contributed by atoms with E-state index < -0.39 is 5.97 Å². The Balaban J connectivity index is 2.38. The molecule has 1 aromatic rings. The van der Waals surface area contributed by atoms with E-state index in [4.69, 9.17) is 4.74 Å². The highest BCUT2D eigenvalue weighted by Gasteiger charge is 2.30. The molecule has 0 aliphatic carbocycles. The summed E-state index contributed by atoms with van der Waals surface area (Å²) >= 11 is 0. The van der Waals surface area contributed by atoms with Crippen LogP contribution in [0.25, 0.3) is 0 Å². The van der Waals surface area contributed by atoms with Gasteiger partial charge in [-0.15, -0.1) is 0 Å². The molecule has 1 aliphatic rings. The van der Waals surface area contributed by atoms with Crippen LogP contribution in [0.1, 0.15) is 17.3 Å². The van der Waals surface area contributed by atoms with Gasteiger partial charge in [0.2, 0.25) is 0 Å². The zero-order chi connectivity index (χ0) is 13.3. The lowest BCUT2D eigenvalue weighted by Gasteiger charge is -2.39. The molecule has 1 heterocycles. The number of fused-ring (bicyclic) bond motifs is 1. The maximum Gasteiger partial charge on any atom is 0.337 e. The van der Waals surface area contributed by atoms with Gasteiger partial charge < -0.3 is 19.5 Å². The Labute approximate surface area is 106 Å². The first kappa shape index (κ1) is 12.7. The number of likely N-dealkylation sites (N-methyl/N-ethyl adjacent to an activating group) is 1. The molecule has 0 radical (unpaired) electrons. The Morgan fingerprint density at radius 1 is 1.56 bits per heavy atom. The van der Waals surface area contributed by atoms with Gasteiger partial charge in [-0.25, -0.2) is 4.79 Å². The molecule has 0 bridgehead atoms. The number of anilines is 1. The number of methoxy groups -OCH3 is 1. The number of aliphatic hydroxyl groups excluding tert-OH is 1. The quantitative estimate of drug-likeness (QED) is 0.796. The number of carbonyl (C=O) groups excluding carboxylic acids is 1. The summed E-state index contributed by atoms with van der Waals surface area (Å²) in [6.45, 7) is 1.92. The van der Waals surface area contributed by atoms with Crippen LogP contribution in [0.15, 0.2) is 18.2 Å². The van der Waals surface area contributed by atoms with E-state index in [1.54, 1.807) is 12.1 Å². The van der Waals surface area contributed by atoms with E-state index in [1.807, 2.05) is 24.9 Å². The summed E-state index contributed by atoms with van der Waals surface area (Å²) in [7, 11) is 3.28. The summed E-state index contributed by atoms with van der Waals surface area (Å²) in [5.74, 6) is 0.195. The monoisotopic (exact) mass is 251 g/mol. The van der Waals surface area contributed by atoms with Crippen molar-refractivity contribution in [3.8, 4) is 5.75 Å². The van der Waals surface area contributed by atoms with Crippen LogP contribution >= 0.6 is 0 Å². The zero-order valence-corrected chi connectivity index (χ0v) is 10.7. The van der Waals surface area contributed by atoms with Gasteiger partial charge in [0.25, 0.3) is 0 Å². The van der Waals surface area contributed by atoms with Crippen LogP contribution in [0.2, 0.25) is 0 Å². The summed E-state index contributed by atoms with van der Waals surface area (Å²) in [5, 5.41) is 9.29. The average molecular weight is 251 g/mol. The molecule has 2 rings (SSSR count). The van der Waals surface area contributed by atoms with Crippen LogP contribution in [0.4, 0.5) is 5.69 Å². The molecule has 1 aliphatic heterocycles. The smallest absolute Gasteiger partial charge is 0.337 e. The predicted octanol–water partition coefficient (Wildman–Crippen LogP) is 1.05. The molecule has 0 fully saturated rings. The number of rotatable bonds is 2. The van der Waals surface area contributed by atoms with Gasteiger partial charge >= 0.3 is 5.97 Å². The van der Waals surface area contributed by atoms with Gasteiger partial charge in [0.15, 0.2) is 0 Å². The second-order valence-corrected chi connectivity index (χ2v) is 4.36. The summed E-state index contributed by atoms with van der Waals surface area (Å²) in [5.41, 5.74) is 1.34. The van der Waals surface area contributed by atoms with Crippen molar-refractivity contribution in [1.29, 1.82) is 0 Å². The maximum absolute atomic E-state index is 11.5. The molecule has 0 spiro atoms. The third-order valence-electron chi connectivity index (χ3n) is 3.37. The average Bonchev–Trinajstić information content (AvgIpc) is 2.41. The molecule has 5 heteroatoms. The summed E-state index contributed by atoms with van der Waals surface area (Å²) in [6.07, 6.45) is -0.296. The SMILES string of the molecule is COC(=O)c1ccc2c(c1)OC(CO)C(C)N2C. The van der Waals surface area contributed by atoms with E-state index in [1.165, 1.54) is 7.11 Å². The molecular weight excluding hydrogens is 234 g/mol. The summed E-state index contributed by atoms with van der Waals surface area (Å²) in [4.78, 5) is 13.5. The number of benzene rings is 1. The molecule has 0 saturated heterocycles. The Hall–Kier alpha value is -1.75. The number of carbonyl (C=O) groups is 1. The third kappa shape index (κ3) is 2.01. The van der Waals surface area contributed by atoms with Crippen molar-refractivity contribution in [1.82, 2.24) is 0 Å². The van der Waals surface area contributed by atoms with E-state index in [9.17, 15) is 9.90 Å². The van der Waals surface area contributed by atoms with Gasteiger partial charge in [-0.1, -0.05) is 0 Å². The first-order valence-electron chi connectivity index (χ1n) is 5.81. The van der Waals surface area contributed by atoms with E-state index >= 15 is 0 Å². The second-order valence-electron chi connectivity index (χ2n) is 4.36. The molecule has 18 heavy (non-hydrogen) atoms. The topological polar surface area (TPSA) is 59.0 Å². The van der Waals surface area contributed by atoms with Gasteiger partial charge in [-0.2, -0.15) is 0 Å². The Bertz CT molecular complexity index is 460. The van der Waals surface area contributed by atoms with Gasteiger partial charge in [-0.05, 0) is 25.1 Å². The minimum Gasteiger partial charge on any atom is -0.484 e. The Morgan fingerprint density at radius 2 is 2.28 bits per heavy atom. The fourth-order valence-corrected chi connectivity index (χ4v) is 2.06. The van der Waals surface area contributed by atoms with Crippen molar-refractivity contribution in [3.63, 3.8) is 0 Å². The van der Waals surface area contributed by atoms with Crippen molar-refractivity contribution in [2.75, 3.05) is 25.7 Å². The predicted molar refractivity (Wildman–Crippen MR) is 67.1 cm³/mol. The van der Waals surface area contributed by atoms with E-state index in [0.29, 0.717) is 11.3 Å². The number of aliphatic hydroxyl groups is 1. The molecule has 1 N–H and O–H groups in total. The second kappa shape index (κ2) is 4.86. The Kier molecular flexibility index (Phi) is 3.43. The highest BCUT2D eigenvalue weighted by molar-refractivity contribution is 5.90. The van der Waals surface area contributed by atoms with Crippen LogP contribution in [0.3, 0.4) is 0 Å². The number of nitrogens with zero attached hydrogens (tertiary/aromatic N) is 1. The van der Waals surface area contributed by atoms with Gasteiger partial charge in [0.05, 0.1) is 31.0 Å². The molecule has 5 nitrogen and oxygen atoms in total. The van der Waals surface area contributed by atoms with Crippen LogP contribution in [0, 0.1) is 0 Å². The number of ether oxygens (including phenoxy) is 2. The molecule has 2 unspecified atom stereocenters. The fraction of sp³-hybridized carbons (Fsp3) is 0.462. The van der Waals surface area contributed by atoms with Gasteiger partial charge in [0.1, 0.15) is 11.9 Å². The van der Waals surface area contributed by atoms with E-state index in [0.717, 1.165) is 5.69 Å². The van der Waals surface area contributed by atoms with Crippen LogP contribution in [0.5, 0.6) is 5.75 Å². The fourth-order valence-electron chi connectivity index (χ4n) is 2.06. The molecule has 2 atom stereocenters. The van der Waals surface area contributed by atoms with Crippen LogP contribution in [-0.2, 0) is 4.74 Å². The summed E-state index contributed by atoms with van der Waals surface area (Å²) < 4.78 is 10.4. The maximum atomic E-state index is 11.5. The first-order chi connectivity index (χ1) is 8.58. The lowest BCUT2D eigenvalue weighted by atomic mass is 10.1. The molecule has 1 aromatic carbocycles. The summed E-state index contributed by atoms with van der Waals surface area (Å²) in [6, 6.07) is 5.25. The zero-order valence-electron chi connectivity index (χ0n) is 10.7. The lowest BCUT2D eigenvalue weighted by molar-refractivity contribution is 0.0598. The lowest BCUT2D eigenvalue weighted by Crippen LogP contribution is -2.47. The van der Waals surface area contributed by atoms with E-state index in [2.05, 4.69) is 4.74 Å². The molecule has 98 valence electrons.